The van der Waals surface area contributed by atoms with Crippen LogP contribution in [0.15, 0.2) is 24.3 Å². The van der Waals surface area contributed by atoms with E-state index in [9.17, 15) is 4.79 Å². The van der Waals surface area contributed by atoms with Gasteiger partial charge in [-0.1, -0.05) is 6.07 Å². The number of anilines is 1. The third-order valence-corrected chi connectivity index (χ3v) is 3.08. The predicted molar refractivity (Wildman–Crippen MR) is 78.9 cm³/mol. The summed E-state index contributed by atoms with van der Waals surface area (Å²) in [6.45, 7) is 0.749. The lowest BCUT2D eigenvalue weighted by Gasteiger charge is -2.11. The van der Waals surface area contributed by atoms with Crippen LogP contribution < -0.4 is 10.6 Å². The highest BCUT2D eigenvalue weighted by Gasteiger charge is 2.27. The van der Waals surface area contributed by atoms with Crippen molar-refractivity contribution in [2.75, 3.05) is 11.9 Å². The van der Waals surface area contributed by atoms with E-state index in [4.69, 9.17) is 5.26 Å². The number of benzene rings is 1. The first-order valence-corrected chi connectivity index (χ1v) is 6.26. The topological polar surface area (TPSA) is 64.9 Å². The van der Waals surface area contributed by atoms with Crippen LogP contribution in [0.1, 0.15) is 12.0 Å². The number of rotatable bonds is 2. The van der Waals surface area contributed by atoms with E-state index in [2.05, 4.69) is 36.1 Å². The van der Waals surface area contributed by atoms with Crippen LogP contribution >= 0.6 is 12.6 Å². The minimum atomic E-state index is -0.191. The maximum absolute atomic E-state index is 11.9. The molecule has 4 nitrogen and oxygen atoms in total. The van der Waals surface area contributed by atoms with Crippen molar-refractivity contribution >= 4 is 24.2 Å². The first kappa shape index (κ1) is 15.1. The molecule has 1 aromatic rings. The highest BCUT2D eigenvalue weighted by atomic mass is 32.1. The Morgan fingerprint density at radius 3 is 2.84 bits per heavy atom. The molecule has 1 aromatic carbocycles. The summed E-state index contributed by atoms with van der Waals surface area (Å²) in [5.41, 5.74) is 1.19. The number of hydrogen-bond donors (Lipinski definition) is 3. The third-order valence-electron chi connectivity index (χ3n) is 2.68. The van der Waals surface area contributed by atoms with E-state index in [-0.39, 0.29) is 17.2 Å². The van der Waals surface area contributed by atoms with Gasteiger partial charge < -0.3 is 10.6 Å². The zero-order valence-electron chi connectivity index (χ0n) is 10.3. The standard InChI is InChI=1S/C12H13N3OS.C2H2/c13-6-8-2-1-3-9(4-8)15-12(16)11-5-10(17)7-14-11;1-2/h1-4,10-11,14,17H,5,7H2,(H,15,16);1-2H. The average Bonchev–Trinajstić information content (AvgIpc) is 2.88. The second-order valence-electron chi connectivity index (χ2n) is 4.03. The number of nitrogens with zero attached hydrogens (tertiary/aromatic N) is 1. The number of terminal acetylenes is 1. The normalized spacial score (nSPS) is 20.7. The van der Waals surface area contributed by atoms with Crippen LogP contribution in [-0.4, -0.2) is 23.7 Å². The lowest BCUT2D eigenvalue weighted by molar-refractivity contribution is -0.117. The van der Waals surface area contributed by atoms with Crippen molar-refractivity contribution in [3.63, 3.8) is 0 Å². The molecule has 2 unspecified atom stereocenters. The quantitative estimate of drug-likeness (QED) is 0.564. The number of hydrogen-bond acceptors (Lipinski definition) is 4. The Hall–Kier alpha value is -1.95. The van der Waals surface area contributed by atoms with Gasteiger partial charge in [0.05, 0.1) is 17.7 Å². The van der Waals surface area contributed by atoms with Gasteiger partial charge in [0.15, 0.2) is 0 Å². The Bertz CT molecular complexity index is 507. The van der Waals surface area contributed by atoms with Crippen molar-refractivity contribution in [2.45, 2.75) is 17.7 Å². The molecule has 1 aliphatic rings. The minimum Gasteiger partial charge on any atom is -0.325 e. The summed E-state index contributed by atoms with van der Waals surface area (Å²) in [4.78, 5) is 11.9. The molecule has 1 heterocycles. The smallest absolute Gasteiger partial charge is 0.241 e. The van der Waals surface area contributed by atoms with Crippen LogP contribution in [0.5, 0.6) is 0 Å². The SMILES string of the molecule is C#C.N#Cc1cccc(NC(=O)C2CC(S)CN2)c1. The number of nitrogens with one attached hydrogen (secondary N) is 2. The Kier molecular flexibility index (Phi) is 5.95. The van der Waals surface area contributed by atoms with Gasteiger partial charge in [-0.3, -0.25) is 4.79 Å². The van der Waals surface area contributed by atoms with Crippen LogP contribution in [0, 0.1) is 24.2 Å². The van der Waals surface area contributed by atoms with Crippen LogP contribution in [0.2, 0.25) is 0 Å². The molecule has 2 rings (SSSR count). The molecule has 0 bridgehead atoms. The summed E-state index contributed by atoms with van der Waals surface area (Å²) in [6, 6.07) is 8.72. The Morgan fingerprint density at radius 2 is 2.26 bits per heavy atom. The van der Waals surface area contributed by atoms with E-state index in [1.54, 1.807) is 24.3 Å². The van der Waals surface area contributed by atoms with Gasteiger partial charge in [-0.05, 0) is 24.6 Å². The molecule has 0 aliphatic carbocycles. The fourth-order valence-corrected chi connectivity index (χ4v) is 2.13. The highest BCUT2D eigenvalue weighted by molar-refractivity contribution is 7.81. The van der Waals surface area contributed by atoms with Crippen LogP contribution in [0.4, 0.5) is 5.69 Å². The van der Waals surface area contributed by atoms with Crippen LogP contribution in [0.25, 0.3) is 0 Å². The average molecular weight is 273 g/mol. The molecular formula is C14H15N3OS. The molecule has 0 saturated carbocycles. The van der Waals surface area contributed by atoms with Gasteiger partial charge >= 0.3 is 0 Å². The molecule has 0 aromatic heterocycles. The fraction of sp³-hybridized carbons (Fsp3) is 0.286. The largest absolute Gasteiger partial charge is 0.325 e. The summed E-state index contributed by atoms with van der Waals surface area (Å²) < 4.78 is 0. The van der Waals surface area contributed by atoms with Crippen molar-refractivity contribution in [1.82, 2.24) is 5.32 Å². The van der Waals surface area contributed by atoms with E-state index in [0.717, 1.165) is 13.0 Å². The summed E-state index contributed by atoms with van der Waals surface area (Å²) >= 11 is 4.32. The van der Waals surface area contributed by atoms with Crippen molar-refractivity contribution in [2.24, 2.45) is 0 Å². The predicted octanol–water partition coefficient (Wildman–Crippen LogP) is 1.41. The number of carbonyl (C=O) groups excluding carboxylic acids is 1. The molecule has 1 aliphatic heterocycles. The summed E-state index contributed by atoms with van der Waals surface area (Å²) in [5.74, 6) is -0.0726. The van der Waals surface area contributed by atoms with E-state index < -0.39 is 0 Å². The Labute approximate surface area is 118 Å². The number of carbonyl (C=O) groups is 1. The summed E-state index contributed by atoms with van der Waals surface area (Å²) in [5, 5.41) is 14.9. The zero-order chi connectivity index (χ0) is 14.3. The lowest BCUT2D eigenvalue weighted by atomic mass is 10.2. The van der Waals surface area contributed by atoms with Crippen LogP contribution in [0.3, 0.4) is 0 Å². The van der Waals surface area contributed by atoms with Gasteiger partial charge in [-0.2, -0.15) is 17.9 Å². The van der Waals surface area contributed by atoms with Crippen LogP contribution in [-0.2, 0) is 4.79 Å². The lowest BCUT2D eigenvalue weighted by Crippen LogP contribution is -2.35. The first-order chi connectivity index (χ1) is 9.19. The molecule has 2 N–H and O–H groups in total. The minimum absolute atomic E-state index is 0.0726. The molecule has 1 amide bonds. The van der Waals surface area contributed by atoms with E-state index in [0.29, 0.717) is 11.3 Å². The summed E-state index contributed by atoms with van der Waals surface area (Å²) in [7, 11) is 0. The first-order valence-electron chi connectivity index (χ1n) is 5.75. The number of thiol groups is 1. The van der Waals surface area contributed by atoms with Crippen molar-refractivity contribution in [1.29, 1.82) is 5.26 Å². The molecular weight excluding hydrogens is 258 g/mol. The molecule has 2 atom stereocenters. The van der Waals surface area contributed by atoms with Crippen molar-refractivity contribution in [3.05, 3.63) is 29.8 Å². The maximum Gasteiger partial charge on any atom is 0.241 e. The van der Waals surface area contributed by atoms with E-state index in [1.807, 2.05) is 6.07 Å². The molecule has 5 heteroatoms. The van der Waals surface area contributed by atoms with E-state index in [1.165, 1.54) is 0 Å². The molecule has 98 valence electrons. The van der Waals surface area contributed by atoms with Gasteiger partial charge in [0, 0.05) is 17.5 Å². The van der Waals surface area contributed by atoms with Crippen molar-refractivity contribution < 1.29 is 4.79 Å². The Balaban J connectivity index is 0.000000861. The molecule has 19 heavy (non-hydrogen) atoms. The van der Waals surface area contributed by atoms with Gasteiger partial charge in [-0.15, -0.1) is 12.8 Å². The molecule has 1 saturated heterocycles. The number of amides is 1. The summed E-state index contributed by atoms with van der Waals surface area (Å²) in [6.07, 6.45) is 8.73. The third kappa shape index (κ3) is 4.33. The zero-order valence-corrected chi connectivity index (χ0v) is 11.2. The number of nitriles is 1. The second-order valence-corrected chi connectivity index (χ2v) is 4.76. The van der Waals surface area contributed by atoms with Gasteiger partial charge in [0.25, 0.3) is 0 Å². The van der Waals surface area contributed by atoms with Gasteiger partial charge in [0.2, 0.25) is 5.91 Å². The monoisotopic (exact) mass is 273 g/mol. The highest BCUT2D eigenvalue weighted by Crippen LogP contribution is 2.15. The van der Waals surface area contributed by atoms with Crippen molar-refractivity contribution in [3.8, 4) is 18.9 Å². The molecule has 1 fully saturated rings. The fourth-order valence-electron chi connectivity index (χ4n) is 1.81. The van der Waals surface area contributed by atoms with Gasteiger partial charge in [-0.25, -0.2) is 0 Å². The molecule has 0 spiro atoms. The Morgan fingerprint density at radius 1 is 1.53 bits per heavy atom. The molecule has 0 radical (unpaired) electrons. The second kappa shape index (κ2) is 7.48. The van der Waals surface area contributed by atoms with Gasteiger partial charge in [0.1, 0.15) is 0 Å². The van der Waals surface area contributed by atoms with E-state index >= 15 is 0 Å². The maximum atomic E-state index is 11.9.